The molecule has 0 aromatic carbocycles. The third kappa shape index (κ3) is 6.90. The molecule has 7 nitrogen and oxygen atoms in total. The number of amides is 1. The molecule has 18 heavy (non-hydrogen) atoms. The van der Waals surface area contributed by atoms with Gasteiger partial charge in [-0.1, -0.05) is 0 Å². The summed E-state index contributed by atoms with van der Waals surface area (Å²) in [5, 5.41) is 2.54. The molecule has 0 aliphatic heterocycles. The molecule has 1 atom stereocenters. The molecule has 0 rings (SSSR count). The van der Waals surface area contributed by atoms with Crippen LogP contribution in [0.5, 0.6) is 0 Å². The quantitative estimate of drug-likeness (QED) is 0.550. The summed E-state index contributed by atoms with van der Waals surface area (Å²) in [7, 11) is -0.365. The van der Waals surface area contributed by atoms with E-state index in [0.717, 1.165) is 4.31 Å². The summed E-state index contributed by atoms with van der Waals surface area (Å²) in [6.45, 7) is 2.66. The van der Waals surface area contributed by atoms with Gasteiger partial charge in [-0.3, -0.25) is 4.79 Å². The zero-order chi connectivity index (χ0) is 14.2. The summed E-state index contributed by atoms with van der Waals surface area (Å²) >= 11 is 0. The highest BCUT2D eigenvalue weighted by molar-refractivity contribution is 7.89. The van der Waals surface area contributed by atoms with Crippen molar-refractivity contribution in [3.63, 3.8) is 0 Å². The number of hydrogen-bond acceptors (Lipinski definition) is 5. The van der Waals surface area contributed by atoms with E-state index in [2.05, 4.69) is 5.32 Å². The van der Waals surface area contributed by atoms with Crippen LogP contribution in [0.25, 0.3) is 0 Å². The first-order chi connectivity index (χ1) is 8.33. The Labute approximate surface area is 109 Å². The second-order valence-corrected chi connectivity index (χ2v) is 6.27. The molecular weight excluding hydrogens is 258 g/mol. The molecule has 1 unspecified atom stereocenters. The van der Waals surface area contributed by atoms with Gasteiger partial charge in [0.25, 0.3) is 0 Å². The minimum atomic E-state index is -3.28. The van der Waals surface area contributed by atoms with Crippen molar-refractivity contribution in [3.8, 4) is 0 Å². The van der Waals surface area contributed by atoms with Crippen LogP contribution in [0.1, 0.15) is 13.3 Å². The normalized spacial score (nSPS) is 13.6. The summed E-state index contributed by atoms with van der Waals surface area (Å²) in [6.07, 6.45) is -0.174. The number of nitrogens with two attached hydrogens (primary N) is 1. The maximum Gasteiger partial charge on any atom is 0.222 e. The maximum absolute atomic E-state index is 11.5. The van der Waals surface area contributed by atoms with Gasteiger partial charge >= 0.3 is 0 Å². The van der Waals surface area contributed by atoms with Crippen molar-refractivity contribution in [2.75, 3.05) is 39.5 Å². The number of ether oxygens (including phenoxy) is 1. The lowest BCUT2D eigenvalue weighted by Crippen LogP contribution is -2.37. The van der Waals surface area contributed by atoms with Gasteiger partial charge in [0.15, 0.2) is 0 Å². The molecule has 0 aromatic heterocycles. The summed E-state index contributed by atoms with van der Waals surface area (Å²) in [4.78, 5) is 11.5. The van der Waals surface area contributed by atoms with Crippen LogP contribution < -0.4 is 11.1 Å². The zero-order valence-electron chi connectivity index (χ0n) is 11.2. The van der Waals surface area contributed by atoms with E-state index in [0.29, 0.717) is 6.61 Å². The summed E-state index contributed by atoms with van der Waals surface area (Å²) in [5.74, 6) is -0.374. The van der Waals surface area contributed by atoms with E-state index < -0.39 is 10.0 Å². The van der Waals surface area contributed by atoms with Crippen molar-refractivity contribution in [1.82, 2.24) is 9.62 Å². The van der Waals surface area contributed by atoms with Crippen LogP contribution in [0.4, 0.5) is 0 Å². The van der Waals surface area contributed by atoms with Crippen molar-refractivity contribution >= 4 is 15.9 Å². The van der Waals surface area contributed by atoms with E-state index in [4.69, 9.17) is 10.5 Å². The number of nitrogens with one attached hydrogen (secondary N) is 1. The van der Waals surface area contributed by atoms with E-state index in [1.165, 1.54) is 14.1 Å². The molecule has 0 aliphatic carbocycles. The standard InChI is InChI=1S/C10H23N3O4S/c1-4-17-9(8-11)7-10(14)12-5-6-18(15,16)13(2)3/h9H,4-8,11H2,1-3H3,(H,12,14). The first-order valence-electron chi connectivity index (χ1n) is 5.82. The van der Waals surface area contributed by atoms with E-state index in [1.807, 2.05) is 6.92 Å². The van der Waals surface area contributed by atoms with Crippen molar-refractivity contribution < 1.29 is 17.9 Å². The van der Waals surface area contributed by atoms with Crippen molar-refractivity contribution in [2.24, 2.45) is 5.73 Å². The lowest BCUT2D eigenvalue weighted by atomic mass is 10.2. The number of rotatable bonds is 9. The van der Waals surface area contributed by atoms with Gasteiger partial charge in [0.2, 0.25) is 15.9 Å². The molecule has 0 fully saturated rings. The molecule has 0 aromatic rings. The van der Waals surface area contributed by atoms with Crippen LogP contribution in [0.2, 0.25) is 0 Å². The fraction of sp³-hybridized carbons (Fsp3) is 0.900. The van der Waals surface area contributed by atoms with Gasteiger partial charge in [-0.25, -0.2) is 12.7 Å². The summed E-state index contributed by atoms with van der Waals surface area (Å²) < 4.78 is 29.2. The molecule has 0 radical (unpaired) electrons. The van der Waals surface area contributed by atoms with Gasteiger partial charge < -0.3 is 15.8 Å². The van der Waals surface area contributed by atoms with E-state index in [-0.39, 0.29) is 37.3 Å². The molecule has 0 saturated heterocycles. The lowest BCUT2D eigenvalue weighted by molar-refractivity contribution is -0.123. The second kappa shape index (κ2) is 8.41. The predicted molar refractivity (Wildman–Crippen MR) is 69.6 cm³/mol. The van der Waals surface area contributed by atoms with Gasteiger partial charge in [0.1, 0.15) is 0 Å². The van der Waals surface area contributed by atoms with Crippen molar-refractivity contribution in [1.29, 1.82) is 0 Å². The van der Waals surface area contributed by atoms with Crippen LogP contribution in [0, 0.1) is 0 Å². The molecule has 0 spiro atoms. The van der Waals surface area contributed by atoms with Crippen LogP contribution in [-0.2, 0) is 19.6 Å². The Bertz CT molecular complexity index is 343. The Balaban J connectivity index is 3.98. The highest BCUT2D eigenvalue weighted by Gasteiger charge is 2.15. The van der Waals surface area contributed by atoms with Crippen LogP contribution >= 0.6 is 0 Å². The van der Waals surface area contributed by atoms with Gasteiger partial charge in [-0.2, -0.15) is 0 Å². The first kappa shape index (κ1) is 17.3. The predicted octanol–water partition coefficient (Wildman–Crippen LogP) is -1.25. The minimum Gasteiger partial charge on any atom is -0.377 e. The Hall–Kier alpha value is -0.700. The van der Waals surface area contributed by atoms with Gasteiger partial charge in [-0.15, -0.1) is 0 Å². The summed E-state index contributed by atoms with van der Waals surface area (Å²) in [6, 6.07) is 0. The monoisotopic (exact) mass is 281 g/mol. The van der Waals surface area contributed by atoms with Crippen LogP contribution in [0.3, 0.4) is 0 Å². The van der Waals surface area contributed by atoms with Crippen molar-refractivity contribution in [2.45, 2.75) is 19.4 Å². The Kier molecular flexibility index (Phi) is 8.08. The molecule has 3 N–H and O–H groups in total. The third-order valence-corrected chi connectivity index (χ3v) is 4.15. The molecule has 108 valence electrons. The lowest BCUT2D eigenvalue weighted by Gasteiger charge is -2.15. The Morgan fingerprint density at radius 2 is 2.06 bits per heavy atom. The zero-order valence-corrected chi connectivity index (χ0v) is 12.0. The smallest absolute Gasteiger partial charge is 0.222 e. The van der Waals surface area contributed by atoms with Crippen LogP contribution in [0.15, 0.2) is 0 Å². The third-order valence-electron chi connectivity index (χ3n) is 2.32. The first-order valence-corrected chi connectivity index (χ1v) is 7.43. The minimum absolute atomic E-state index is 0.0861. The number of sulfonamides is 1. The molecule has 0 heterocycles. The fourth-order valence-electron chi connectivity index (χ4n) is 1.23. The number of carbonyl (C=O) groups excluding carboxylic acids is 1. The van der Waals surface area contributed by atoms with E-state index in [1.54, 1.807) is 0 Å². The summed E-state index contributed by atoms with van der Waals surface area (Å²) in [5.41, 5.74) is 5.44. The number of hydrogen-bond donors (Lipinski definition) is 2. The topological polar surface area (TPSA) is 102 Å². The van der Waals surface area contributed by atoms with Gasteiger partial charge in [-0.05, 0) is 6.92 Å². The average molecular weight is 281 g/mol. The van der Waals surface area contributed by atoms with E-state index >= 15 is 0 Å². The fourth-order valence-corrected chi connectivity index (χ4v) is 1.95. The molecule has 0 aliphatic rings. The number of carbonyl (C=O) groups is 1. The van der Waals surface area contributed by atoms with E-state index in [9.17, 15) is 13.2 Å². The highest BCUT2D eigenvalue weighted by Crippen LogP contribution is 1.97. The average Bonchev–Trinajstić information content (AvgIpc) is 2.27. The molecule has 0 saturated carbocycles. The van der Waals surface area contributed by atoms with Crippen molar-refractivity contribution in [3.05, 3.63) is 0 Å². The molecule has 0 bridgehead atoms. The Morgan fingerprint density at radius 1 is 1.44 bits per heavy atom. The number of nitrogens with zero attached hydrogens (tertiary/aromatic N) is 1. The Morgan fingerprint density at radius 3 is 2.50 bits per heavy atom. The van der Waals surface area contributed by atoms with Gasteiger partial charge in [0.05, 0.1) is 18.3 Å². The van der Waals surface area contributed by atoms with Crippen LogP contribution in [-0.4, -0.2) is 64.3 Å². The molecular formula is C10H23N3O4S. The molecule has 1 amide bonds. The van der Waals surface area contributed by atoms with Gasteiger partial charge in [0, 0.05) is 33.8 Å². The highest BCUT2D eigenvalue weighted by atomic mass is 32.2. The molecule has 8 heteroatoms. The second-order valence-electron chi connectivity index (χ2n) is 3.97. The maximum atomic E-state index is 11.5. The largest absolute Gasteiger partial charge is 0.377 e. The SMILES string of the molecule is CCOC(CN)CC(=O)NCCS(=O)(=O)N(C)C.